The summed E-state index contributed by atoms with van der Waals surface area (Å²) in [6, 6.07) is 25.5. The van der Waals surface area contributed by atoms with Gasteiger partial charge >= 0.3 is 0 Å². The zero-order valence-corrected chi connectivity index (χ0v) is 17.5. The maximum atomic E-state index is 12.6. The van der Waals surface area contributed by atoms with Gasteiger partial charge in [0.15, 0.2) is 0 Å². The first kappa shape index (κ1) is 20.7. The molecule has 1 aliphatic rings. The molecule has 2 N–H and O–H groups in total. The fourth-order valence-corrected chi connectivity index (χ4v) is 3.91. The summed E-state index contributed by atoms with van der Waals surface area (Å²) in [5.41, 5.74) is 5.04. The van der Waals surface area contributed by atoms with Gasteiger partial charge in [0.25, 0.3) is 0 Å². The fourth-order valence-electron chi connectivity index (χ4n) is 3.91. The molecule has 4 rings (SSSR count). The molecule has 2 amide bonds. The molecule has 0 unspecified atom stereocenters. The van der Waals surface area contributed by atoms with Gasteiger partial charge in [-0.2, -0.15) is 0 Å². The van der Waals surface area contributed by atoms with Crippen LogP contribution in [-0.2, 0) is 22.4 Å². The molecule has 0 spiro atoms. The minimum absolute atomic E-state index is 0.0237. The van der Waals surface area contributed by atoms with Crippen LogP contribution in [0.3, 0.4) is 0 Å². The first-order valence-corrected chi connectivity index (χ1v) is 10.7. The van der Waals surface area contributed by atoms with Crippen LogP contribution in [0.15, 0.2) is 78.9 Å². The zero-order chi connectivity index (χ0) is 21.5. The van der Waals surface area contributed by atoms with Crippen molar-refractivity contribution in [2.24, 2.45) is 0 Å². The van der Waals surface area contributed by atoms with Gasteiger partial charge in [0.1, 0.15) is 0 Å². The highest BCUT2D eigenvalue weighted by Crippen LogP contribution is 2.26. The monoisotopic (exact) mass is 413 g/mol. The summed E-state index contributed by atoms with van der Waals surface area (Å²) in [5.74, 6) is -0.0687. The molecule has 0 bridgehead atoms. The van der Waals surface area contributed by atoms with E-state index in [2.05, 4.69) is 27.7 Å². The summed E-state index contributed by atoms with van der Waals surface area (Å²) in [7, 11) is 0. The number of carbonyl (C=O) groups excluding carboxylic acids is 2. The van der Waals surface area contributed by atoms with E-state index in [-0.39, 0.29) is 11.8 Å². The van der Waals surface area contributed by atoms with Crippen LogP contribution in [0, 0.1) is 0 Å². The molecule has 3 aromatic rings. The molecule has 158 valence electrons. The van der Waals surface area contributed by atoms with Crippen LogP contribution >= 0.6 is 0 Å². The first-order chi connectivity index (χ1) is 15.2. The summed E-state index contributed by atoms with van der Waals surface area (Å²) in [4.78, 5) is 26.9. The van der Waals surface area contributed by atoms with Crippen molar-refractivity contribution in [3.05, 3.63) is 90.0 Å². The van der Waals surface area contributed by atoms with Crippen LogP contribution in [0.25, 0.3) is 0 Å². The topological polar surface area (TPSA) is 61.4 Å². The second kappa shape index (κ2) is 9.94. The van der Waals surface area contributed by atoms with Gasteiger partial charge in [-0.1, -0.05) is 48.5 Å². The Morgan fingerprint density at radius 1 is 0.774 bits per heavy atom. The maximum absolute atomic E-state index is 12.6. The Balaban J connectivity index is 1.26. The average Bonchev–Trinajstić information content (AvgIpc) is 2.80. The molecule has 0 radical (unpaired) electrons. The van der Waals surface area contributed by atoms with Crippen LogP contribution < -0.4 is 15.5 Å². The Morgan fingerprint density at radius 2 is 1.42 bits per heavy atom. The molecule has 0 saturated carbocycles. The van der Waals surface area contributed by atoms with Gasteiger partial charge < -0.3 is 15.5 Å². The maximum Gasteiger partial charge on any atom is 0.243 e. The van der Waals surface area contributed by atoms with Crippen LogP contribution in [0.1, 0.15) is 24.0 Å². The largest absolute Gasteiger partial charge is 0.362 e. The van der Waals surface area contributed by atoms with Gasteiger partial charge in [0, 0.05) is 30.0 Å². The van der Waals surface area contributed by atoms with Crippen molar-refractivity contribution in [3.63, 3.8) is 0 Å². The van der Waals surface area contributed by atoms with Gasteiger partial charge in [-0.05, 0) is 60.7 Å². The quantitative estimate of drug-likeness (QED) is 0.593. The summed E-state index contributed by atoms with van der Waals surface area (Å²) < 4.78 is 0. The van der Waals surface area contributed by atoms with E-state index in [4.69, 9.17) is 0 Å². The number of para-hydroxylation sites is 1. The van der Waals surface area contributed by atoms with E-state index >= 15 is 0 Å². The molecule has 1 aliphatic heterocycles. The van der Waals surface area contributed by atoms with Crippen molar-refractivity contribution in [1.29, 1.82) is 0 Å². The SMILES string of the molecule is O=C(CCc1ccccc1)Nc1ccc(NC(=O)CN2CCCc3ccccc32)cc1. The molecule has 0 atom stereocenters. The molecule has 0 saturated heterocycles. The zero-order valence-electron chi connectivity index (χ0n) is 17.5. The van der Waals surface area contributed by atoms with Crippen LogP contribution in [0.2, 0.25) is 0 Å². The van der Waals surface area contributed by atoms with Crippen molar-refractivity contribution in [1.82, 2.24) is 0 Å². The first-order valence-electron chi connectivity index (χ1n) is 10.7. The lowest BCUT2D eigenvalue weighted by atomic mass is 10.0. The van der Waals surface area contributed by atoms with E-state index in [1.165, 1.54) is 5.56 Å². The lowest BCUT2D eigenvalue weighted by Crippen LogP contribution is -2.36. The molecule has 1 heterocycles. The summed E-state index contributed by atoms with van der Waals surface area (Å²) in [5, 5.41) is 5.86. The Labute approximate surface area is 183 Å². The van der Waals surface area contributed by atoms with Crippen molar-refractivity contribution in [3.8, 4) is 0 Å². The predicted molar refractivity (Wildman–Crippen MR) is 125 cm³/mol. The molecule has 31 heavy (non-hydrogen) atoms. The number of aryl methyl sites for hydroxylation is 2. The number of nitrogens with zero attached hydrogens (tertiary/aromatic N) is 1. The van der Waals surface area contributed by atoms with Gasteiger partial charge in [-0.15, -0.1) is 0 Å². The van der Waals surface area contributed by atoms with Gasteiger partial charge in [-0.3, -0.25) is 9.59 Å². The molecule has 3 aromatic carbocycles. The Kier molecular flexibility index (Phi) is 6.62. The molecular weight excluding hydrogens is 386 g/mol. The minimum atomic E-state index is -0.0450. The lowest BCUT2D eigenvalue weighted by molar-refractivity contribution is -0.116. The summed E-state index contributed by atoms with van der Waals surface area (Å²) >= 11 is 0. The van der Waals surface area contributed by atoms with E-state index in [9.17, 15) is 9.59 Å². The number of amides is 2. The van der Waals surface area contributed by atoms with E-state index < -0.39 is 0 Å². The second-order valence-corrected chi connectivity index (χ2v) is 7.81. The number of nitrogens with one attached hydrogen (secondary N) is 2. The van der Waals surface area contributed by atoms with Crippen molar-refractivity contribution < 1.29 is 9.59 Å². The van der Waals surface area contributed by atoms with E-state index in [0.717, 1.165) is 42.0 Å². The predicted octanol–water partition coefficient (Wildman–Crippen LogP) is 4.65. The molecule has 0 aromatic heterocycles. The van der Waals surface area contributed by atoms with Crippen LogP contribution in [0.5, 0.6) is 0 Å². The molecule has 5 heteroatoms. The van der Waals surface area contributed by atoms with Crippen molar-refractivity contribution in [2.45, 2.75) is 25.7 Å². The number of fused-ring (bicyclic) bond motifs is 1. The van der Waals surface area contributed by atoms with E-state index in [0.29, 0.717) is 19.4 Å². The van der Waals surface area contributed by atoms with E-state index in [1.54, 1.807) is 0 Å². The van der Waals surface area contributed by atoms with Crippen LogP contribution in [0.4, 0.5) is 17.1 Å². The minimum Gasteiger partial charge on any atom is -0.362 e. The number of anilines is 3. The Hall–Kier alpha value is -3.60. The highest BCUT2D eigenvalue weighted by atomic mass is 16.2. The summed E-state index contributed by atoms with van der Waals surface area (Å²) in [6.45, 7) is 1.22. The molecular formula is C26H27N3O2. The fraction of sp³-hybridized carbons (Fsp3) is 0.231. The van der Waals surface area contributed by atoms with Gasteiger partial charge in [-0.25, -0.2) is 0 Å². The van der Waals surface area contributed by atoms with Gasteiger partial charge in [0.05, 0.1) is 6.54 Å². The normalized spacial score (nSPS) is 12.7. The Morgan fingerprint density at radius 3 is 2.16 bits per heavy atom. The lowest BCUT2D eigenvalue weighted by Gasteiger charge is -2.30. The molecule has 0 aliphatic carbocycles. The smallest absolute Gasteiger partial charge is 0.243 e. The summed E-state index contributed by atoms with van der Waals surface area (Å²) in [6.07, 6.45) is 3.26. The van der Waals surface area contributed by atoms with Crippen molar-refractivity contribution in [2.75, 3.05) is 28.6 Å². The number of hydrogen-bond acceptors (Lipinski definition) is 3. The highest BCUT2D eigenvalue weighted by Gasteiger charge is 2.18. The molecule has 5 nitrogen and oxygen atoms in total. The third-order valence-corrected chi connectivity index (χ3v) is 5.48. The van der Waals surface area contributed by atoms with Gasteiger partial charge in [0.2, 0.25) is 11.8 Å². The Bertz CT molecular complexity index is 1030. The molecule has 0 fully saturated rings. The number of hydrogen-bond donors (Lipinski definition) is 2. The van der Waals surface area contributed by atoms with E-state index in [1.807, 2.05) is 66.7 Å². The number of benzene rings is 3. The van der Waals surface area contributed by atoms with Crippen LogP contribution in [-0.4, -0.2) is 24.9 Å². The number of rotatable bonds is 7. The number of carbonyl (C=O) groups is 2. The highest BCUT2D eigenvalue weighted by molar-refractivity contribution is 5.95. The average molecular weight is 414 g/mol. The van der Waals surface area contributed by atoms with Crippen molar-refractivity contribution >= 4 is 28.9 Å². The third-order valence-electron chi connectivity index (χ3n) is 5.48. The second-order valence-electron chi connectivity index (χ2n) is 7.81. The standard InChI is InChI=1S/C26H27N3O2/c30-25(17-12-20-7-2-1-3-8-20)27-22-13-15-23(16-14-22)28-26(31)19-29-18-6-10-21-9-4-5-11-24(21)29/h1-5,7-9,11,13-16H,6,10,12,17-19H2,(H,27,30)(H,28,31). The third kappa shape index (κ3) is 5.72.